The molecule has 21 heavy (non-hydrogen) atoms. The maximum absolute atomic E-state index is 12.5. The molecule has 2 atom stereocenters. The lowest BCUT2D eigenvalue weighted by atomic mass is 10.0. The van der Waals surface area contributed by atoms with Crippen molar-refractivity contribution >= 4 is 10.0 Å². The van der Waals surface area contributed by atoms with E-state index in [9.17, 15) is 26.7 Å². The zero-order valence-corrected chi connectivity index (χ0v) is 11.6. The summed E-state index contributed by atoms with van der Waals surface area (Å²) in [5, 5.41) is 10.1. The predicted octanol–water partition coefficient (Wildman–Crippen LogP) is 1.27. The van der Waals surface area contributed by atoms with E-state index in [1.54, 1.807) is 30.3 Å². The third-order valence-corrected chi connectivity index (χ3v) is 4.78. The van der Waals surface area contributed by atoms with Gasteiger partial charge in [0.25, 0.3) is 0 Å². The molecule has 0 unspecified atom stereocenters. The molecule has 1 fully saturated rings. The van der Waals surface area contributed by atoms with Crippen LogP contribution in [-0.4, -0.2) is 49.1 Å². The maximum atomic E-state index is 12.5. The third-order valence-electron chi connectivity index (χ3n) is 3.18. The Morgan fingerprint density at radius 2 is 1.90 bits per heavy atom. The van der Waals surface area contributed by atoms with Crippen LogP contribution < -0.4 is 0 Å². The van der Waals surface area contributed by atoms with Crippen molar-refractivity contribution in [3.05, 3.63) is 35.9 Å². The van der Waals surface area contributed by atoms with Gasteiger partial charge in [-0.2, -0.15) is 17.5 Å². The van der Waals surface area contributed by atoms with E-state index in [2.05, 4.69) is 0 Å². The second kappa shape index (κ2) is 5.91. The molecule has 0 aliphatic carbocycles. The van der Waals surface area contributed by atoms with Gasteiger partial charge in [-0.1, -0.05) is 30.3 Å². The van der Waals surface area contributed by atoms with Gasteiger partial charge in [0.05, 0.1) is 6.61 Å². The molecule has 5 nitrogen and oxygen atoms in total. The van der Waals surface area contributed by atoms with Gasteiger partial charge in [0.1, 0.15) is 12.2 Å². The van der Waals surface area contributed by atoms with Gasteiger partial charge >= 0.3 is 15.5 Å². The average molecular weight is 325 g/mol. The minimum atomic E-state index is -5.41. The zero-order valence-electron chi connectivity index (χ0n) is 10.8. The van der Waals surface area contributed by atoms with E-state index in [0.29, 0.717) is 9.87 Å². The highest BCUT2D eigenvalue weighted by Gasteiger charge is 2.51. The fraction of sp³-hybridized carbons (Fsp3) is 0.500. The van der Waals surface area contributed by atoms with Crippen LogP contribution >= 0.6 is 0 Å². The molecule has 0 aromatic heterocycles. The monoisotopic (exact) mass is 325 g/mol. The second-order valence-corrected chi connectivity index (χ2v) is 6.50. The van der Waals surface area contributed by atoms with Crippen LogP contribution in [0, 0.1) is 0 Å². The molecule has 1 aliphatic heterocycles. The Morgan fingerprint density at radius 1 is 1.29 bits per heavy atom. The summed E-state index contributed by atoms with van der Waals surface area (Å²) in [6.07, 6.45) is -2.24. The van der Waals surface area contributed by atoms with E-state index in [-0.39, 0.29) is 13.2 Å². The number of ether oxygens (including phenoxy) is 1. The molecule has 9 heteroatoms. The fourth-order valence-corrected chi connectivity index (χ4v) is 3.02. The Labute approximate surface area is 120 Å². The quantitative estimate of drug-likeness (QED) is 0.909. The molecule has 1 aromatic carbocycles. The van der Waals surface area contributed by atoms with Crippen LogP contribution in [0.3, 0.4) is 0 Å². The van der Waals surface area contributed by atoms with Gasteiger partial charge in [0, 0.05) is 13.1 Å². The van der Waals surface area contributed by atoms with Crippen molar-refractivity contribution in [1.82, 2.24) is 4.31 Å². The number of aliphatic hydroxyl groups is 1. The molecule has 1 saturated heterocycles. The summed E-state index contributed by atoms with van der Waals surface area (Å²) >= 11 is 0. The zero-order chi connectivity index (χ0) is 15.7. The van der Waals surface area contributed by atoms with E-state index in [1.165, 1.54) is 0 Å². The number of morpholine rings is 1. The SMILES string of the molecule is O=S(=O)(N1CCO[C@H]([C@@H](O)c2ccccc2)C1)C(F)(F)F. The number of hydrogen-bond acceptors (Lipinski definition) is 4. The van der Waals surface area contributed by atoms with Gasteiger partial charge in [0.15, 0.2) is 0 Å². The van der Waals surface area contributed by atoms with Crippen LogP contribution in [0.2, 0.25) is 0 Å². The fourth-order valence-electron chi connectivity index (χ4n) is 2.07. The van der Waals surface area contributed by atoms with Crippen molar-refractivity contribution in [3.8, 4) is 0 Å². The third kappa shape index (κ3) is 3.37. The number of aliphatic hydroxyl groups excluding tert-OH is 1. The molecular formula is C12H14F3NO4S. The van der Waals surface area contributed by atoms with E-state index in [0.717, 1.165) is 0 Å². The summed E-state index contributed by atoms with van der Waals surface area (Å²) in [6, 6.07) is 8.21. The number of hydrogen-bond donors (Lipinski definition) is 1. The van der Waals surface area contributed by atoms with Crippen molar-refractivity contribution in [1.29, 1.82) is 0 Å². The Morgan fingerprint density at radius 3 is 2.48 bits per heavy atom. The molecule has 0 amide bonds. The first-order valence-electron chi connectivity index (χ1n) is 6.14. The topological polar surface area (TPSA) is 66.8 Å². The first-order valence-corrected chi connectivity index (χ1v) is 7.58. The highest BCUT2D eigenvalue weighted by molar-refractivity contribution is 7.90. The molecule has 0 saturated carbocycles. The Hall–Kier alpha value is -1.16. The van der Waals surface area contributed by atoms with Gasteiger partial charge in [-0.25, -0.2) is 8.42 Å². The lowest BCUT2D eigenvalue weighted by molar-refractivity contribution is -0.0834. The highest BCUT2D eigenvalue weighted by Crippen LogP contribution is 2.30. The largest absolute Gasteiger partial charge is 0.511 e. The molecule has 0 radical (unpaired) electrons. The van der Waals surface area contributed by atoms with Crippen LogP contribution in [-0.2, 0) is 14.8 Å². The average Bonchev–Trinajstić information content (AvgIpc) is 2.46. The normalized spacial score (nSPS) is 23.0. The summed E-state index contributed by atoms with van der Waals surface area (Å²) in [4.78, 5) is 0. The molecular weight excluding hydrogens is 311 g/mol. The lowest BCUT2D eigenvalue weighted by Crippen LogP contribution is -2.51. The summed E-state index contributed by atoms with van der Waals surface area (Å²) in [5.41, 5.74) is -4.90. The molecule has 1 aromatic rings. The van der Waals surface area contributed by atoms with Crippen molar-refractivity contribution in [2.45, 2.75) is 17.7 Å². The summed E-state index contributed by atoms with van der Waals surface area (Å²) < 4.78 is 65.9. The number of alkyl halides is 3. The Kier molecular flexibility index (Phi) is 4.57. The Bertz CT molecular complexity index is 576. The molecule has 1 N–H and O–H groups in total. The smallest absolute Gasteiger partial charge is 0.386 e. The van der Waals surface area contributed by atoms with Crippen molar-refractivity contribution in [2.75, 3.05) is 19.7 Å². The molecule has 1 heterocycles. The standard InChI is InChI=1S/C12H14F3NO4S/c13-12(14,15)21(18,19)16-6-7-20-10(8-16)11(17)9-4-2-1-3-5-9/h1-5,10-11,17H,6-8H2/t10-,11-/m0/s1. The van der Waals surface area contributed by atoms with Crippen LogP contribution in [0.15, 0.2) is 30.3 Å². The van der Waals surface area contributed by atoms with Crippen LogP contribution in [0.4, 0.5) is 13.2 Å². The maximum Gasteiger partial charge on any atom is 0.511 e. The van der Waals surface area contributed by atoms with E-state index in [1.807, 2.05) is 0 Å². The van der Waals surface area contributed by atoms with Crippen LogP contribution in [0.25, 0.3) is 0 Å². The molecule has 118 valence electrons. The summed E-state index contributed by atoms with van der Waals surface area (Å²) in [5.74, 6) is 0. The second-order valence-electron chi connectivity index (χ2n) is 4.57. The lowest BCUT2D eigenvalue weighted by Gasteiger charge is -2.34. The van der Waals surface area contributed by atoms with E-state index in [4.69, 9.17) is 4.74 Å². The van der Waals surface area contributed by atoms with Gasteiger partial charge in [-0.15, -0.1) is 0 Å². The number of nitrogens with zero attached hydrogens (tertiary/aromatic N) is 1. The number of rotatable bonds is 3. The number of sulfonamides is 1. The minimum Gasteiger partial charge on any atom is -0.386 e. The van der Waals surface area contributed by atoms with Gasteiger partial charge < -0.3 is 9.84 Å². The Balaban J connectivity index is 2.15. The molecule has 2 rings (SSSR count). The first kappa shape index (κ1) is 16.2. The first-order chi connectivity index (χ1) is 9.73. The van der Waals surface area contributed by atoms with E-state index < -0.39 is 34.3 Å². The van der Waals surface area contributed by atoms with Crippen molar-refractivity contribution in [3.63, 3.8) is 0 Å². The van der Waals surface area contributed by atoms with Crippen molar-refractivity contribution < 1.29 is 31.4 Å². The van der Waals surface area contributed by atoms with Crippen LogP contribution in [0.1, 0.15) is 11.7 Å². The molecule has 0 spiro atoms. The molecule has 1 aliphatic rings. The van der Waals surface area contributed by atoms with Gasteiger partial charge in [-0.05, 0) is 5.56 Å². The summed E-state index contributed by atoms with van der Waals surface area (Å²) in [6.45, 7) is -1.14. The van der Waals surface area contributed by atoms with Crippen LogP contribution in [0.5, 0.6) is 0 Å². The van der Waals surface area contributed by atoms with E-state index >= 15 is 0 Å². The number of halogens is 3. The van der Waals surface area contributed by atoms with Crippen molar-refractivity contribution in [2.24, 2.45) is 0 Å². The van der Waals surface area contributed by atoms with Gasteiger partial charge in [-0.3, -0.25) is 0 Å². The molecule has 0 bridgehead atoms. The number of benzene rings is 1. The highest BCUT2D eigenvalue weighted by atomic mass is 32.2. The predicted molar refractivity (Wildman–Crippen MR) is 67.7 cm³/mol. The minimum absolute atomic E-state index is 0.204. The van der Waals surface area contributed by atoms with Gasteiger partial charge in [0.2, 0.25) is 0 Å². The summed E-state index contributed by atoms with van der Waals surface area (Å²) in [7, 11) is -5.41.